The van der Waals surface area contributed by atoms with Gasteiger partial charge >= 0.3 is 0 Å². The van der Waals surface area contributed by atoms with E-state index in [0.29, 0.717) is 32.7 Å². The van der Waals surface area contributed by atoms with Crippen LogP contribution in [0.3, 0.4) is 0 Å². The van der Waals surface area contributed by atoms with Crippen molar-refractivity contribution in [1.29, 1.82) is 0 Å². The maximum absolute atomic E-state index is 12.3. The lowest BCUT2D eigenvalue weighted by molar-refractivity contribution is -0.132. The lowest BCUT2D eigenvalue weighted by atomic mass is 10.1. The fraction of sp³-hybridized carbons (Fsp3) is 0.529. The summed E-state index contributed by atoms with van der Waals surface area (Å²) in [4.78, 5) is 27.4. The van der Waals surface area contributed by atoms with Gasteiger partial charge in [-0.1, -0.05) is 12.1 Å². The van der Waals surface area contributed by atoms with Crippen LogP contribution in [0.15, 0.2) is 24.3 Å². The smallest absolute Gasteiger partial charge is 0.227 e. The molecule has 1 fully saturated rings. The average Bonchev–Trinajstić information content (AvgIpc) is 2.49. The van der Waals surface area contributed by atoms with Crippen LogP contribution in [-0.2, 0) is 16.0 Å². The normalized spacial score (nSPS) is 15.6. The summed E-state index contributed by atoms with van der Waals surface area (Å²) in [6.07, 6.45) is 0.416. The fourth-order valence-corrected chi connectivity index (χ4v) is 2.63. The molecule has 2 rings (SSSR count). The molecule has 5 nitrogen and oxygen atoms in total. The first-order valence-corrected chi connectivity index (χ1v) is 7.79. The standard InChI is InChI=1S/C17H24N2O3/c1-3-22-16-6-4-15(5-7-16)12-17(21)19-10-8-18(9-11-19)13-14(2)20/h4-7H,3,8-13H2,1-2H3. The number of ether oxygens (including phenoxy) is 1. The lowest BCUT2D eigenvalue weighted by Gasteiger charge is -2.34. The second-order valence-electron chi connectivity index (χ2n) is 5.61. The van der Waals surface area contributed by atoms with Crippen molar-refractivity contribution in [3.8, 4) is 5.75 Å². The Morgan fingerprint density at radius 2 is 1.73 bits per heavy atom. The summed E-state index contributed by atoms with van der Waals surface area (Å²) in [5.74, 6) is 1.15. The van der Waals surface area contributed by atoms with Gasteiger partial charge in [0, 0.05) is 26.2 Å². The molecule has 0 spiro atoms. The zero-order valence-corrected chi connectivity index (χ0v) is 13.4. The van der Waals surface area contributed by atoms with E-state index in [-0.39, 0.29) is 11.7 Å². The Balaban J connectivity index is 1.81. The molecule has 1 aromatic carbocycles. The van der Waals surface area contributed by atoms with E-state index in [1.54, 1.807) is 6.92 Å². The summed E-state index contributed by atoms with van der Waals surface area (Å²) < 4.78 is 5.40. The summed E-state index contributed by atoms with van der Waals surface area (Å²) in [6, 6.07) is 7.68. The topological polar surface area (TPSA) is 49.9 Å². The van der Waals surface area contributed by atoms with Crippen molar-refractivity contribution in [2.24, 2.45) is 0 Å². The van der Waals surface area contributed by atoms with Crippen LogP contribution in [-0.4, -0.2) is 60.8 Å². The molecule has 22 heavy (non-hydrogen) atoms. The van der Waals surface area contributed by atoms with Gasteiger partial charge in [0.25, 0.3) is 0 Å². The first-order valence-electron chi connectivity index (χ1n) is 7.79. The lowest BCUT2D eigenvalue weighted by Crippen LogP contribution is -2.50. The van der Waals surface area contributed by atoms with Crippen LogP contribution in [0.25, 0.3) is 0 Å². The van der Waals surface area contributed by atoms with Crippen LogP contribution in [0, 0.1) is 0 Å². The molecule has 1 heterocycles. The number of Topliss-reactive ketones (excluding diaryl/α,β-unsaturated/α-hetero) is 1. The summed E-state index contributed by atoms with van der Waals surface area (Å²) >= 11 is 0. The van der Waals surface area contributed by atoms with E-state index in [0.717, 1.165) is 24.4 Å². The van der Waals surface area contributed by atoms with Crippen molar-refractivity contribution in [3.05, 3.63) is 29.8 Å². The van der Waals surface area contributed by atoms with Gasteiger partial charge in [-0.3, -0.25) is 14.5 Å². The first-order chi connectivity index (χ1) is 10.6. The molecule has 1 amide bonds. The van der Waals surface area contributed by atoms with Gasteiger partial charge in [0.05, 0.1) is 19.6 Å². The van der Waals surface area contributed by atoms with E-state index in [4.69, 9.17) is 4.74 Å². The van der Waals surface area contributed by atoms with E-state index >= 15 is 0 Å². The number of nitrogens with zero attached hydrogens (tertiary/aromatic N) is 2. The number of ketones is 1. The minimum absolute atomic E-state index is 0.145. The van der Waals surface area contributed by atoms with Crippen molar-refractivity contribution < 1.29 is 14.3 Å². The number of amides is 1. The van der Waals surface area contributed by atoms with Gasteiger partial charge in [-0.05, 0) is 31.5 Å². The second-order valence-corrected chi connectivity index (χ2v) is 5.61. The van der Waals surface area contributed by atoms with Crippen molar-refractivity contribution >= 4 is 11.7 Å². The molecule has 0 radical (unpaired) electrons. The molecule has 0 unspecified atom stereocenters. The Bertz CT molecular complexity index is 505. The van der Waals surface area contributed by atoms with E-state index in [9.17, 15) is 9.59 Å². The fourth-order valence-electron chi connectivity index (χ4n) is 2.63. The Labute approximate surface area is 131 Å². The zero-order chi connectivity index (χ0) is 15.9. The van der Waals surface area contributed by atoms with Crippen molar-refractivity contribution in [1.82, 2.24) is 9.80 Å². The summed E-state index contributed by atoms with van der Waals surface area (Å²) in [6.45, 7) is 7.62. The van der Waals surface area contributed by atoms with E-state index in [2.05, 4.69) is 4.90 Å². The third-order valence-corrected chi connectivity index (χ3v) is 3.76. The van der Waals surface area contributed by atoms with Crippen LogP contribution < -0.4 is 4.74 Å². The molecule has 120 valence electrons. The number of carbonyl (C=O) groups excluding carboxylic acids is 2. The molecular weight excluding hydrogens is 280 g/mol. The first kappa shape index (κ1) is 16.5. The average molecular weight is 304 g/mol. The summed E-state index contributed by atoms with van der Waals surface area (Å²) in [7, 11) is 0. The van der Waals surface area contributed by atoms with Gasteiger partial charge in [-0.25, -0.2) is 0 Å². The predicted molar refractivity (Wildman–Crippen MR) is 85.0 cm³/mol. The highest BCUT2D eigenvalue weighted by Crippen LogP contribution is 2.13. The highest BCUT2D eigenvalue weighted by molar-refractivity contribution is 5.79. The monoisotopic (exact) mass is 304 g/mol. The Morgan fingerprint density at radius 1 is 1.09 bits per heavy atom. The molecule has 1 aromatic rings. The number of hydrogen-bond donors (Lipinski definition) is 0. The molecule has 0 N–H and O–H groups in total. The van der Waals surface area contributed by atoms with Crippen LogP contribution in [0.4, 0.5) is 0 Å². The van der Waals surface area contributed by atoms with Crippen molar-refractivity contribution in [2.45, 2.75) is 20.3 Å². The molecule has 0 saturated carbocycles. The highest BCUT2D eigenvalue weighted by atomic mass is 16.5. The van der Waals surface area contributed by atoms with E-state index in [1.165, 1.54) is 0 Å². The summed E-state index contributed by atoms with van der Waals surface area (Å²) in [5, 5.41) is 0. The summed E-state index contributed by atoms with van der Waals surface area (Å²) in [5.41, 5.74) is 1.000. The van der Waals surface area contributed by atoms with Gasteiger partial charge in [0.2, 0.25) is 5.91 Å². The predicted octanol–water partition coefficient (Wildman–Crippen LogP) is 1.36. The molecule has 0 aliphatic carbocycles. The number of hydrogen-bond acceptors (Lipinski definition) is 4. The number of piperazine rings is 1. The van der Waals surface area contributed by atoms with Crippen LogP contribution >= 0.6 is 0 Å². The van der Waals surface area contributed by atoms with Gasteiger partial charge in [-0.2, -0.15) is 0 Å². The second kappa shape index (κ2) is 7.94. The maximum atomic E-state index is 12.3. The minimum Gasteiger partial charge on any atom is -0.494 e. The van der Waals surface area contributed by atoms with Crippen LogP contribution in [0.1, 0.15) is 19.4 Å². The third kappa shape index (κ3) is 4.84. The molecule has 0 aromatic heterocycles. The van der Waals surface area contributed by atoms with Gasteiger partial charge in [0.1, 0.15) is 11.5 Å². The zero-order valence-electron chi connectivity index (χ0n) is 13.4. The SMILES string of the molecule is CCOc1ccc(CC(=O)N2CCN(CC(C)=O)CC2)cc1. The largest absolute Gasteiger partial charge is 0.494 e. The Hall–Kier alpha value is -1.88. The number of carbonyl (C=O) groups is 2. The Kier molecular flexibility index (Phi) is 5.95. The van der Waals surface area contributed by atoms with Gasteiger partial charge in [-0.15, -0.1) is 0 Å². The quantitative estimate of drug-likeness (QED) is 0.796. The van der Waals surface area contributed by atoms with Gasteiger partial charge in [0.15, 0.2) is 0 Å². The van der Waals surface area contributed by atoms with Crippen molar-refractivity contribution in [3.63, 3.8) is 0 Å². The van der Waals surface area contributed by atoms with E-state index in [1.807, 2.05) is 36.1 Å². The molecular formula is C17H24N2O3. The molecule has 1 aliphatic rings. The van der Waals surface area contributed by atoms with Crippen LogP contribution in [0.2, 0.25) is 0 Å². The number of rotatable bonds is 6. The molecule has 1 aliphatic heterocycles. The highest BCUT2D eigenvalue weighted by Gasteiger charge is 2.21. The minimum atomic E-state index is 0.145. The molecule has 0 atom stereocenters. The molecule has 5 heteroatoms. The maximum Gasteiger partial charge on any atom is 0.227 e. The molecule has 0 bridgehead atoms. The third-order valence-electron chi connectivity index (χ3n) is 3.76. The molecule has 1 saturated heterocycles. The van der Waals surface area contributed by atoms with E-state index < -0.39 is 0 Å². The Morgan fingerprint density at radius 3 is 2.27 bits per heavy atom. The van der Waals surface area contributed by atoms with Crippen molar-refractivity contribution in [2.75, 3.05) is 39.3 Å². The van der Waals surface area contributed by atoms with Crippen LogP contribution in [0.5, 0.6) is 5.75 Å². The van der Waals surface area contributed by atoms with Gasteiger partial charge < -0.3 is 9.64 Å². The number of benzene rings is 1.